The Bertz CT molecular complexity index is 842. The maximum Gasteiger partial charge on any atom is 0.330 e. The highest BCUT2D eigenvalue weighted by molar-refractivity contribution is 5.86. The zero-order valence-corrected chi connectivity index (χ0v) is 22.7. The molecule has 4 nitrogen and oxygen atoms in total. The summed E-state index contributed by atoms with van der Waals surface area (Å²) in [5.41, 5.74) is 2.13. The predicted octanol–water partition coefficient (Wildman–Crippen LogP) is 7.42. The second kappa shape index (κ2) is 11.4. The van der Waals surface area contributed by atoms with E-state index in [0.29, 0.717) is 23.7 Å². The van der Waals surface area contributed by atoms with Crippen molar-refractivity contribution < 1.29 is 19.8 Å². The van der Waals surface area contributed by atoms with E-state index >= 15 is 0 Å². The van der Waals surface area contributed by atoms with Gasteiger partial charge in [0, 0.05) is 17.4 Å². The summed E-state index contributed by atoms with van der Waals surface area (Å²) in [4.78, 5) is 23.5. The molecule has 2 N–H and O–H groups in total. The number of hydrogen-bond acceptors (Lipinski definition) is 3. The Hall–Kier alpha value is -1.68. The quantitative estimate of drug-likeness (QED) is 0.256. The van der Waals surface area contributed by atoms with Gasteiger partial charge in [0.15, 0.2) is 0 Å². The Balaban J connectivity index is 1.92. The summed E-state index contributed by atoms with van der Waals surface area (Å²) < 4.78 is 0. The highest BCUT2D eigenvalue weighted by Gasteiger charge is 2.59. The molecule has 2 aliphatic rings. The van der Waals surface area contributed by atoms with Crippen LogP contribution in [0.4, 0.5) is 0 Å². The molecule has 0 radical (unpaired) electrons. The average molecular weight is 473 g/mol. The SMILES string of the molecule is C/C(=C\CC/C(C)=C/CCC1C2(C)CCC(=O)C(C)(C)[C@@H]2CC[C@@]1(C)O)CC/C=C(\C)C(=O)O. The van der Waals surface area contributed by atoms with Crippen LogP contribution >= 0.6 is 0 Å². The number of carboxylic acids is 1. The summed E-state index contributed by atoms with van der Waals surface area (Å²) in [6.45, 7) is 14.5. The Morgan fingerprint density at radius 1 is 0.941 bits per heavy atom. The third-order valence-corrected chi connectivity index (χ3v) is 9.07. The predicted molar refractivity (Wildman–Crippen MR) is 140 cm³/mol. The minimum absolute atomic E-state index is 0.00813. The van der Waals surface area contributed by atoms with Crippen molar-refractivity contribution in [3.05, 3.63) is 34.9 Å². The largest absolute Gasteiger partial charge is 0.478 e. The first-order valence-electron chi connectivity index (χ1n) is 13.2. The van der Waals surface area contributed by atoms with Crippen molar-refractivity contribution in [2.75, 3.05) is 0 Å². The van der Waals surface area contributed by atoms with Crippen LogP contribution in [-0.2, 0) is 9.59 Å². The molecule has 0 amide bonds. The maximum absolute atomic E-state index is 12.6. The molecule has 2 fully saturated rings. The molecule has 2 saturated carbocycles. The van der Waals surface area contributed by atoms with Crippen LogP contribution in [0.1, 0.15) is 113 Å². The van der Waals surface area contributed by atoms with Gasteiger partial charge in [-0.1, -0.05) is 50.1 Å². The van der Waals surface area contributed by atoms with Crippen LogP contribution in [0.5, 0.6) is 0 Å². The lowest BCUT2D eigenvalue weighted by Crippen LogP contribution is -2.59. The monoisotopic (exact) mass is 472 g/mol. The first kappa shape index (κ1) is 28.6. The van der Waals surface area contributed by atoms with Crippen LogP contribution in [0.3, 0.4) is 0 Å². The minimum atomic E-state index is -0.845. The molecule has 0 aromatic heterocycles. The lowest BCUT2D eigenvalue weighted by Gasteiger charge is -2.60. The highest BCUT2D eigenvalue weighted by Crippen LogP contribution is 2.62. The normalized spacial score (nSPS) is 32.5. The standard InChI is InChI=1S/C30H48O4/c1-21(13-9-15-23(3)27(32)33)11-8-12-22(2)14-10-16-25-29(6)19-18-26(31)28(4,5)24(29)17-20-30(25,7)34/h11,14-15,24-25,34H,8-10,12-13,16-20H2,1-7H3,(H,32,33)/b21-11+,22-14+,23-15+/t24-,25?,29?,30+/m0/s1. The maximum atomic E-state index is 12.6. The summed E-state index contributed by atoms with van der Waals surface area (Å²) in [5.74, 6) is 0.100. The van der Waals surface area contributed by atoms with Crippen LogP contribution in [-0.4, -0.2) is 27.6 Å². The minimum Gasteiger partial charge on any atom is -0.478 e. The summed E-state index contributed by atoms with van der Waals surface area (Å²) in [7, 11) is 0. The van der Waals surface area contributed by atoms with Crippen molar-refractivity contribution in [2.24, 2.45) is 22.7 Å². The van der Waals surface area contributed by atoms with E-state index in [1.807, 2.05) is 6.92 Å². The molecule has 192 valence electrons. The van der Waals surface area contributed by atoms with Gasteiger partial charge in [0.1, 0.15) is 5.78 Å². The molecule has 0 heterocycles. The average Bonchev–Trinajstić information content (AvgIpc) is 2.72. The van der Waals surface area contributed by atoms with E-state index in [1.54, 1.807) is 13.0 Å². The van der Waals surface area contributed by atoms with Crippen LogP contribution in [0.15, 0.2) is 34.9 Å². The Morgan fingerprint density at radius 2 is 1.50 bits per heavy atom. The zero-order valence-electron chi connectivity index (χ0n) is 22.7. The van der Waals surface area contributed by atoms with Crippen LogP contribution in [0.2, 0.25) is 0 Å². The van der Waals surface area contributed by atoms with Crippen LogP contribution in [0, 0.1) is 22.7 Å². The molecular weight excluding hydrogens is 424 g/mol. The van der Waals surface area contributed by atoms with E-state index in [2.05, 4.69) is 46.8 Å². The second-order valence-electron chi connectivity index (χ2n) is 12.1. The number of allylic oxidation sites excluding steroid dienone is 5. The summed E-state index contributed by atoms with van der Waals surface area (Å²) >= 11 is 0. The summed E-state index contributed by atoms with van der Waals surface area (Å²) in [5, 5.41) is 20.2. The number of hydrogen-bond donors (Lipinski definition) is 2. The third-order valence-electron chi connectivity index (χ3n) is 9.07. The van der Waals surface area contributed by atoms with Crippen molar-refractivity contribution >= 4 is 11.8 Å². The van der Waals surface area contributed by atoms with Gasteiger partial charge in [0.2, 0.25) is 0 Å². The smallest absolute Gasteiger partial charge is 0.330 e. The fourth-order valence-electron chi connectivity index (χ4n) is 6.82. The number of aliphatic carboxylic acids is 1. The number of fused-ring (bicyclic) bond motifs is 1. The lowest BCUT2D eigenvalue weighted by molar-refractivity contribution is -0.177. The number of aliphatic hydroxyl groups is 1. The van der Waals surface area contributed by atoms with Crippen LogP contribution < -0.4 is 0 Å². The third kappa shape index (κ3) is 6.71. The molecule has 0 bridgehead atoms. The highest BCUT2D eigenvalue weighted by atomic mass is 16.4. The number of carbonyl (C=O) groups excluding carboxylic acids is 1. The van der Waals surface area contributed by atoms with Crippen molar-refractivity contribution in [1.82, 2.24) is 0 Å². The number of carbonyl (C=O) groups is 2. The van der Waals surface area contributed by atoms with E-state index in [4.69, 9.17) is 5.11 Å². The van der Waals surface area contributed by atoms with Gasteiger partial charge in [0.25, 0.3) is 0 Å². The van der Waals surface area contributed by atoms with Gasteiger partial charge in [-0.05, 0) is 103 Å². The number of Topliss-reactive ketones (excluding diaryl/α,β-unsaturated/α-hetero) is 1. The first-order chi connectivity index (χ1) is 15.7. The molecular formula is C30H48O4. The second-order valence-corrected chi connectivity index (χ2v) is 12.1. The van der Waals surface area contributed by atoms with Gasteiger partial charge < -0.3 is 10.2 Å². The van der Waals surface area contributed by atoms with E-state index in [-0.39, 0.29) is 16.7 Å². The van der Waals surface area contributed by atoms with Gasteiger partial charge in [-0.2, -0.15) is 0 Å². The van der Waals surface area contributed by atoms with Crippen molar-refractivity contribution in [3.63, 3.8) is 0 Å². The Labute approximate surface area is 207 Å². The fourth-order valence-corrected chi connectivity index (χ4v) is 6.82. The van der Waals surface area contributed by atoms with Crippen LogP contribution in [0.25, 0.3) is 0 Å². The summed E-state index contributed by atoms with van der Waals surface area (Å²) in [6, 6.07) is 0. The van der Waals surface area contributed by atoms with E-state index in [9.17, 15) is 14.7 Å². The van der Waals surface area contributed by atoms with Crippen molar-refractivity contribution in [2.45, 2.75) is 118 Å². The molecule has 2 rings (SSSR count). The fraction of sp³-hybridized carbons (Fsp3) is 0.733. The molecule has 0 aromatic rings. The molecule has 4 atom stereocenters. The first-order valence-corrected chi connectivity index (χ1v) is 13.2. The molecule has 0 spiro atoms. The molecule has 0 aromatic carbocycles. The molecule has 0 saturated heterocycles. The number of rotatable bonds is 10. The Morgan fingerprint density at radius 3 is 2.09 bits per heavy atom. The van der Waals surface area contributed by atoms with Gasteiger partial charge in [-0.3, -0.25) is 4.79 Å². The van der Waals surface area contributed by atoms with Gasteiger partial charge in [-0.15, -0.1) is 0 Å². The van der Waals surface area contributed by atoms with Gasteiger partial charge >= 0.3 is 5.97 Å². The number of ketones is 1. The van der Waals surface area contributed by atoms with Gasteiger partial charge in [0.05, 0.1) is 5.60 Å². The lowest BCUT2D eigenvalue weighted by atomic mass is 9.45. The molecule has 2 aliphatic carbocycles. The molecule has 4 heteroatoms. The Kier molecular flexibility index (Phi) is 9.55. The van der Waals surface area contributed by atoms with Crippen molar-refractivity contribution in [1.29, 1.82) is 0 Å². The van der Waals surface area contributed by atoms with Gasteiger partial charge in [-0.25, -0.2) is 4.79 Å². The number of carboxylic acid groups (broad SMARTS) is 1. The topological polar surface area (TPSA) is 74.6 Å². The van der Waals surface area contributed by atoms with E-state index in [0.717, 1.165) is 57.8 Å². The summed E-state index contributed by atoms with van der Waals surface area (Å²) in [6.07, 6.45) is 15.2. The molecule has 2 unspecified atom stereocenters. The van der Waals surface area contributed by atoms with E-state index < -0.39 is 11.6 Å². The zero-order chi connectivity index (χ0) is 25.7. The molecule has 34 heavy (non-hydrogen) atoms. The van der Waals surface area contributed by atoms with Crippen molar-refractivity contribution in [3.8, 4) is 0 Å². The van der Waals surface area contributed by atoms with E-state index in [1.165, 1.54) is 11.1 Å². The molecule has 0 aliphatic heterocycles.